The number of nitrogens with two attached hydrogens (primary N) is 1. The Kier molecular flexibility index (Phi) is 6.82. The number of likely N-dealkylation sites (N-methyl/N-ethyl adjacent to an activating group) is 1. The zero-order chi connectivity index (χ0) is 26.1. The van der Waals surface area contributed by atoms with Crippen LogP contribution in [0.15, 0.2) is 71.8 Å². The number of hydrogen-bond acceptors (Lipinski definition) is 7. The summed E-state index contributed by atoms with van der Waals surface area (Å²) >= 11 is 0. The third kappa shape index (κ3) is 4.89. The van der Waals surface area contributed by atoms with E-state index in [0.29, 0.717) is 34.2 Å². The molecule has 8 nitrogen and oxygen atoms in total. The molecular weight excluding hydrogens is 476 g/mol. The summed E-state index contributed by atoms with van der Waals surface area (Å²) in [5.41, 5.74) is 8.31. The first kappa shape index (κ1) is 24.6. The number of nitrogen functional groups attached to an aromatic ring is 1. The number of anilines is 1. The number of rotatable bonds is 5. The lowest BCUT2D eigenvalue weighted by Crippen LogP contribution is -2.50. The molecule has 0 unspecified atom stereocenters. The highest BCUT2D eigenvalue weighted by atomic mass is 16.5. The molecule has 6 rings (SSSR count). The first-order valence-electron chi connectivity index (χ1n) is 13.5. The van der Waals surface area contributed by atoms with E-state index in [4.69, 9.17) is 10.5 Å². The van der Waals surface area contributed by atoms with Gasteiger partial charge in [-0.05, 0) is 68.6 Å². The van der Waals surface area contributed by atoms with Crippen molar-refractivity contribution in [3.63, 3.8) is 0 Å². The highest BCUT2D eigenvalue weighted by Crippen LogP contribution is 2.34. The maximum atomic E-state index is 14.0. The van der Waals surface area contributed by atoms with Crippen LogP contribution in [0.5, 0.6) is 11.5 Å². The molecule has 1 saturated heterocycles. The maximum Gasteiger partial charge on any atom is 0.260 e. The summed E-state index contributed by atoms with van der Waals surface area (Å²) in [5.74, 6) is 1.87. The van der Waals surface area contributed by atoms with Gasteiger partial charge in [-0.2, -0.15) is 0 Å². The van der Waals surface area contributed by atoms with E-state index < -0.39 is 0 Å². The Labute approximate surface area is 222 Å². The van der Waals surface area contributed by atoms with E-state index in [1.807, 2.05) is 65.2 Å². The Morgan fingerprint density at radius 1 is 0.842 bits per heavy atom. The van der Waals surface area contributed by atoms with E-state index in [1.54, 1.807) is 0 Å². The minimum absolute atomic E-state index is 0.0321. The molecule has 8 heteroatoms. The van der Waals surface area contributed by atoms with Crippen LogP contribution < -0.4 is 16.0 Å². The molecule has 2 N–H and O–H groups in total. The van der Waals surface area contributed by atoms with Crippen molar-refractivity contribution in [3.05, 3.63) is 77.3 Å². The fourth-order valence-electron chi connectivity index (χ4n) is 5.90. The number of benzene rings is 2. The summed E-state index contributed by atoms with van der Waals surface area (Å²) in [6.45, 7) is 4.49. The fourth-order valence-corrected chi connectivity index (χ4v) is 5.90. The van der Waals surface area contributed by atoms with E-state index in [0.717, 1.165) is 63.2 Å². The van der Waals surface area contributed by atoms with Crippen LogP contribution in [0, 0.1) is 0 Å². The normalized spacial score (nSPS) is 21.0. The number of fused-ring (bicyclic) bond motifs is 1. The number of hydrogen-bond donors (Lipinski definition) is 1. The lowest BCUT2D eigenvalue weighted by molar-refractivity contribution is 0.0824. The first-order chi connectivity index (χ1) is 18.6. The third-order valence-electron chi connectivity index (χ3n) is 8.09. The number of nitrogens with zero attached hydrogens (tertiary/aromatic N) is 5. The Morgan fingerprint density at radius 2 is 1.50 bits per heavy atom. The van der Waals surface area contributed by atoms with Gasteiger partial charge in [-0.25, -0.2) is 9.97 Å². The molecule has 1 aliphatic heterocycles. The molecule has 0 radical (unpaired) electrons. The van der Waals surface area contributed by atoms with Gasteiger partial charge in [-0.3, -0.25) is 14.3 Å². The van der Waals surface area contributed by atoms with E-state index in [1.165, 1.54) is 6.33 Å². The van der Waals surface area contributed by atoms with Crippen molar-refractivity contribution >= 4 is 16.9 Å². The van der Waals surface area contributed by atoms with Crippen LogP contribution in [0.2, 0.25) is 0 Å². The predicted octanol–water partition coefficient (Wildman–Crippen LogP) is 4.56. The second kappa shape index (κ2) is 10.6. The second-order valence-electron chi connectivity index (χ2n) is 10.5. The average molecular weight is 511 g/mol. The van der Waals surface area contributed by atoms with E-state index in [9.17, 15) is 4.79 Å². The van der Waals surface area contributed by atoms with Crippen molar-refractivity contribution in [1.29, 1.82) is 0 Å². The molecule has 2 aliphatic rings. The quantitative estimate of drug-likeness (QED) is 0.421. The predicted molar refractivity (Wildman–Crippen MR) is 151 cm³/mol. The molecule has 196 valence electrons. The lowest BCUT2D eigenvalue weighted by Gasteiger charge is -2.41. The van der Waals surface area contributed by atoms with Gasteiger partial charge in [-0.15, -0.1) is 0 Å². The molecule has 0 spiro atoms. The van der Waals surface area contributed by atoms with Crippen LogP contribution in [-0.4, -0.2) is 63.6 Å². The van der Waals surface area contributed by atoms with Crippen molar-refractivity contribution in [2.24, 2.45) is 0 Å². The molecule has 2 fully saturated rings. The number of aromatic nitrogens is 3. The van der Waals surface area contributed by atoms with Crippen LogP contribution in [0.3, 0.4) is 0 Å². The van der Waals surface area contributed by atoms with Crippen LogP contribution in [0.25, 0.3) is 22.2 Å². The van der Waals surface area contributed by atoms with Gasteiger partial charge < -0.3 is 15.4 Å². The number of para-hydroxylation sites is 1. The first-order valence-corrected chi connectivity index (χ1v) is 13.5. The van der Waals surface area contributed by atoms with Gasteiger partial charge in [0, 0.05) is 43.8 Å². The standard InChI is InChI=1S/C30H34N6O2/c1-34-15-17-35(18-16-34)22-9-11-23(12-10-22)36-29-27(28(31)32-20-33-29)19-26(30(36)37)21-7-13-25(14-8-21)38-24-5-3-2-4-6-24/h2-8,13-14,19-20,22-23H,9-12,15-18H2,1H3,(H2,31,32,33)/t22-,23+. The molecule has 0 bridgehead atoms. The van der Waals surface area contributed by atoms with E-state index in [-0.39, 0.29) is 11.6 Å². The molecular formula is C30H34N6O2. The van der Waals surface area contributed by atoms with E-state index >= 15 is 0 Å². The van der Waals surface area contributed by atoms with Gasteiger partial charge in [0.2, 0.25) is 0 Å². The Morgan fingerprint density at radius 3 is 2.21 bits per heavy atom. The zero-order valence-electron chi connectivity index (χ0n) is 21.8. The van der Waals surface area contributed by atoms with Gasteiger partial charge >= 0.3 is 0 Å². The maximum absolute atomic E-state index is 14.0. The molecule has 0 amide bonds. The topological polar surface area (TPSA) is 89.5 Å². The smallest absolute Gasteiger partial charge is 0.260 e. The molecule has 4 aromatic rings. The van der Waals surface area contributed by atoms with Crippen molar-refractivity contribution in [3.8, 4) is 22.6 Å². The Balaban J connectivity index is 1.30. The second-order valence-corrected chi connectivity index (χ2v) is 10.5. The zero-order valence-corrected chi connectivity index (χ0v) is 21.8. The summed E-state index contributed by atoms with van der Waals surface area (Å²) in [6.07, 6.45) is 5.52. The van der Waals surface area contributed by atoms with Crippen LogP contribution in [-0.2, 0) is 0 Å². The van der Waals surface area contributed by atoms with Gasteiger partial charge in [-0.1, -0.05) is 30.3 Å². The van der Waals surface area contributed by atoms with Gasteiger partial charge in [0.05, 0.1) is 5.39 Å². The molecule has 2 aromatic heterocycles. The summed E-state index contributed by atoms with van der Waals surface area (Å²) in [6, 6.07) is 19.8. The summed E-state index contributed by atoms with van der Waals surface area (Å²) in [4.78, 5) is 27.8. The number of piperazine rings is 1. The number of ether oxygens (including phenoxy) is 1. The van der Waals surface area contributed by atoms with Crippen molar-refractivity contribution in [2.75, 3.05) is 39.0 Å². The minimum Gasteiger partial charge on any atom is -0.457 e. The molecule has 1 saturated carbocycles. The summed E-state index contributed by atoms with van der Waals surface area (Å²) < 4.78 is 7.83. The van der Waals surface area contributed by atoms with Gasteiger partial charge in [0.15, 0.2) is 0 Å². The fraction of sp³-hybridized carbons (Fsp3) is 0.367. The molecule has 38 heavy (non-hydrogen) atoms. The van der Waals surface area contributed by atoms with Crippen molar-refractivity contribution < 1.29 is 4.74 Å². The Hall–Kier alpha value is -3.75. The SMILES string of the molecule is CN1CCN([C@H]2CC[C@@H](n3c(=O)c(-c4ccc(Oc5ccccc5)cc4)cc4c(N)ncnc43)CC2)CC1. The third-order valence-corrected chi connectivity index (χ3v) is 8.09. The van der Waals surface area contributed by atoms with E-state index in [2.05, 4.69) is 26.8 Å². The largest absolute Gasteiger partial charge is 0.457 e. The van der Waals surface area contributed by atoms with Gasteiger partial charge in [0.1, 0.15) is 29.3 Å². The summed E-state index contributed by atoms with van der Waals surface area (Å²) in [5, 5.41) is 0.716. The summed E-state index contributed by atoms with van der Waals surface area (Å²) in [7, 11) is 2.19. The van der Waals surface area contributed by atoms with Crippen molar-refractivity contribution in [2.45, 2.75) is 37.8 Å². The number of pyridine rings is 1. The minimum atomic E-state index is -0.0321. The highest BCUT2D eigenvalue weighted by Gasteiger charge is 2.30. The molecule has 3 heterocycles. The van der Waals surface area contributed by atoms with Crippen molar-refractivity contribution in [1.82, 2.24) is 24.3 Å². The average Bonchev–Trinajstić information content (AvgIpc) is 2.95. The highest BCUT2D eigenvalue weighted by molar-refractivity contribution is 5.89. The molecule has 1 aliphatic carbocycles. The monoisotopic (exact) mass is 510 g/mol. The lowest BCUT2D eigenvalue weighted by atomic mass is 9.89. The Bertz CT molecular complexity index is 1450. The molecule has 0 atom stereocenters. The van der Waals surface area contributed by atoms with Gasteiger partial charge in [0.25, 0.3) is 5.56 Å². The van der Waals surface area contributed by atoms with Crippen LogP contribution in [0.1, 0.15) is 31.7 Å². The van der Waals surface area contributed by atoms with Crippen LogP contribution >= 0.6 is 0 Å². The van der Waals surface area contributed by atoms with Crippen LogP contribution in [0.4, 0.5) is 5.82 Å². The molecule has 2 aromatic carbocycles.